The Balaban J connectivity index is 1.43. The number of ether oxygens (including phenoxy) is 2. The quantitative estimate of drug-likeness (QED) is 0.377. The Hall–Kier alpha value is -4.22. The molecule has 0 spiro atoms. The SMILES string of the molecule is COc1cc(-c2cc(CN3CCOCC3)n3ncnc(N)c23)ccc1NC(=O)Nc1cccc(F)c1. The second-order valence-corrected chi connectivity index (χ2v) is 8.35. The summed E-state index contributed by atoms with van der Waals surface area (Å²) in [5.74, 6) is 0.376. The Kier molecular flexibility index (Phi) is 6.65. The van der Waals surface area contributed by atoms with Crippen LogP contribution < -0.4 is 21.1 Å². The molecule has 1 fully saturated rings. The maximum Gasteiger partial charge on any atom is 0.323 e. The number of hydrogen-bond donors (Lipinski definition) is 3. The number of hydrogen-bond acceptors (Lipinski definition) is 7. The zero-order valence-corrected chi connectivity index (χ0v) is 19.7. The summed E-state index contributed by atoms with van der Waals surface area (Å²) in [4.78, 5) is 19.0. The van der Waals surface area contributed by atoms with Gasteiger partial charge >= 0.3 is 6.03 Å². The third-order valence-electron chi connectivity index (χ3n) is 5.99. The van der Waals surface area contributed by atoms with Gasteiger partial charge in [-0.1, -0.05) is 12.1 Å². The van der Waals surface area contributed by atoms with Crippen molar-refractivity contribution in [2.45, 2.75) is 6.54 Å². The lowest BCUT2D eigenvalue weighted by molar-refractivity contribution is 0.0334. The number of aromatic nitrogens is 3. The van der Waals surface area contributed by atoms with Gasteiger partial charge in [-0.05, 0) is 42.0 Å². The second kappa shape index (κ2) is 10.2. The van der Waals surface area contributed by atoms with Gasteiger partial charge in [-0.2, -0.15) is 5.10 Å². The van der Waals surface area contributed by atoms with Crippen LogP contribution in [0.3, 0.4) is 0 Å². The summed E-state index contributed by atoms with van der Waals surface area (Å²) in [6.45, 7) is 3.78. The number of amides is 2. The van der Waals surface area contributed by atoms with Crippen LogP contribution in [0.2, 0.25) is 0 Å². The number of nitrogens with one attached hydrogen (secondary N) is 2. The highest BCUT2D eigenvalue weighted by atomic mass is 19.1. The number of carbonyl (C=O) groups excluding carboxylic acids is 1. The summed E-state index contributed by atoms with van der Waals surface area (Å²) < 4.78 is 26.3. The fourth-order valence-corrected chi connectivity index (χ4v) is 4.27. The lowest BCUT2D eigenvalue weighted by Crippen LogP contribution is -2.36. The molecule has 2 amide bonds. The Morgan fingerprint density at radius 3 is 2.78 bits per heavy atom. The van der Waals surface area contributed by atoms with Crippen LogP contribution in [-0.4, -0.2) is 58.9 Å². The van der Waals surface area contributed by atoms with E-state index in [1.165, 1.54) is 31.6 Å². The molecular weight excluding hydrogens is 465 g/mol. The number of carbonyl (C=O) groups is 1. The molecule has 186 valence electrons. The van der Waals surface area contributed by atoms with Gasteiger partial charge in [-0.25, -0.2) is 18.7 Å². The molecule has 10 nitrogen and oxygen atoms in total. The number of morpholine rings is 1. The highest BCUT2D eigenvalue weighted by molar-refractivity contribution is 6.01. The van der Waals surface area contributed by atoms with Gasteiger partial charge in [0, 0.05) is 30.9 Å². The van der Waals surface area contributed by atoms with Crippen molar-refractivity contribution in [3.05, 3.63) is 66.4 Å². The van der Waals surface area contributed by atoms with E-state index in [-0.39, 0.29) is 0 Å². The Labute approximate surface area is 206 Å². The standard InChI is InChI=1S/C25H26FN7O3/c1-35-22-11-16(5-6-21(22)31-25(34)30-18-4-2-3-17(26)12-18)20-13-19(14-32-7-9-36-10-8-32)33-23(20)24(27)28-15-29-33/h2-6,11-13,15H,7-10,14H2,1H3,(H2,27,28,29)(H2,30,31,34). The number of nitrogens with zero attached hydrogens (tertiary/aromatic N) is 4. The number of anilines is 3. The van der Waals surface area contributed by atoms with E-state index in [0.29, 0.717) is 48.2 Å². The van der Waals surface area contributed by atoms with Crippen molar-refractivity contribution < 1.29 is 18.7 Å². The van der Waals surface area contributed by atoms with E-state index < -0.39 is 11.8 Å². The average molecular weight is 492 g/mol. The number of fused-ring (bicyclic) bond motifs is 1. The van der Waals surface area contributed by atoms with Crippen molar-refractivity contribution in [3.63, 3.8) is 0 Å². The molecule has 11 heteroatoms. The third-order valence-corrected chi connectivity index (χ3v) is 5.99. The number of nitrogens with two attached hydrogens (primary N) is 1. The van der Waals surface area contributed by atoms with Crippen molar-refractivity contribution in [2.24, 2.45) is 0 Å². The zero-order chi connectivity index (χ0) is 25.1. The van der Waals surface area contributed by atoms with Gasteiger partial charge in [0.15, 0.2) is 5.82 Å². The first-order chi connectivity index (χ1) is 17.5. The predicted molar refractivity (Wildman–Crippen MR) is 135 cm³/mol. The van der Waals surface area contributed by atoms with E-state index in [1.54, 1.807) is 12.1 Å². The molecule has 0 saturated carbocycles. The summed E-state index contributed by atoms with van der Waals surface area (Å²) >= 11 is 0. The molecule has 1 aliphatic rings. The molecule has 1 saturated heterocycles. The zero-order valence-electron chi connectivity index (χ0n) is 19.7. The molecule has 0 unspecified atom stereocenters. The van der Waals surface area contributed by atoms with Crippen LogP contribution >= 0.6 is 0 Å². The van der Waals surface area contributed by atoms with Crippen LogP contribution in [0.15, 0.2) is 54.9 Å². The van der Waals surface area contributed by atoms with Gasteiger partial charge in [0.25, 0.3) is 0 Å². The van der Waals surface area contributed by atoms with Gasteiger partial charge in [0.1, 0.15) is 23.4 Å². The van der Waals surface area contributed by atoms with Gasteiger partial charge in [0.2, 0.25) is 0 Å². The smallest absolute Gasteiger partial charge is 0.323 e. The number of rotatable bonds is 6. The molecule has 36 heavy (non-hydrogen) atoms. The molecule has 0 aliphatic carbocycles. The van der Waals surface area contributed by atoms with E-state index in [2.05, 4.69) is 25.6 Å². The predicted octanol–water partition coefficient (Wildman–Crippen LogP) is 3.60. The van der Waals surface area contributed by atoms with Crippen LogP contribution in [0.1, 0.15) is 5.69 Å². The fraction of sp³-hybridized carbons (Fsp3) is 0.240. The molecule has 4 N–H and O–H groups in total. The number of benzene rings is 2. The van der Waals surface area contributed by atoms with Crippen LogP contribution in [0.25, 0.3) is 16.6 Å². The van der Waals surface area contributed by atoms with Crippen molar-refractivity contribution >= 4 is 28.7 Å². The van der Waals surface area contributed by atoms with Gasteiger partial charge in [0.05, 0.1) is 31.7 Å². The summed E-state index contributed by atoms with van der Waals surface area (Å²) in [6, 6.07) is 12.6. The number of halogens is 1. The molecule has 0 bridgehead atoms. The maximum absolute atomic E-state index is 13.4. The first-order valence-electron chi connectivity index (χ1n) is 11.4. The highest BCUT2D eigenvalue weighted by Crippen LogP contribution is 2.36. The first-order valence-corrected chi connectivity index (χ1v) is 11.4. The van der Waals surface area contributed by atoms with Crippen molar-refractivity contribution in [3.8, 4) is 16.9 Å². The molecule has 1 aliphatic heterocycles. The van der Waals surface area contributed by atoms with Crippen molar-refractivity contribution in [2.75, 3.05) is 49.8 Å². The summed E-state index contributed by atoms with van der Waals surface area (Å²) in [5, 5.41) is 9.80. The summed E-state index contributed by atoms with van der Waals surface area (Å²) in [5.41, 5.74) is 10.4. The molecule has 0 atom stereocenters. The minimum atomic E-state index is -0.522. The molecular formula is C25H26FN7O3. The van der Waals surface area contributed by atoms with Gasteiger partial charge in [-0.15, -0.1) is 0 Å². The normalized spacial score (nSPS) is 14.1. The number of nitrogen functional groups attached to an aromatic ring is 1. The van der Waals surface area contributed by atoms with E-state index in [1.807, 2.05) is 22.7 Å². The van der Waals surface area contributed by atoms with Crippen LogP contribution in [0, 0.1) is 5.82 Å². The molecule has 4 aromatic rings. The Bertz CT molecular complexity index is 1400. The second-order valence-electron chi connectivity index (χ2n) is 8.35. The topological polar surface area (TPSA) is 119 Å². The van der Waals surface area contributed by atoms with E-state index in [4.69, 9.17) is 15.2 Å². The Morgan fingerprint density at radius 1 is 1.17 bits per heavy atom. The monoisotopic (exact) mass is 491 g/mol. The van der Waals surface area contributed by atoms with Crippen LogP contribution in [-0.2, 0) is 11.3 Å². The molecule has 2 aromatic heterocycles. The van der Waals surface area contributed by atoms with Crippen LogP contribution in [0.5, 0.6) is 5.75 Å². The highest BCUT2D eigenvalue weighted by Gasteiger charge is 2.20. The van der Waals surface area contributed by atoms with Crippen molar-refractivity contribution in [1.82, 2.24) is 19.5 Å². The van der Waals surface area contributed by atoms with E-state index in [0.717, 1.165) is 29.9 Å². The first kappa shape index (κ1) is 23.5. The Morgan fingerprint density at radius 2 is 2.00 bits per heavy atom. The fourth-order valence-electron chi connectivity index (χ4n) is 4.27. The largest absolute Gasteiger partial charge is 0.495 e. The molecule has 3 heterocycles. The number of urea groups is 1. The third kappa shape index (κ3) is 4.92. The minimum Gasteiger partial charge on any atom is -0.495 e. The lowest BCUT2D eigenvalue weighted by atomic mass is 10.1. The van der Waals surface area contributed by atoms with Crippen molar-refractivity contribution in [1.29, 1.82) is 0 Å². The maximum atomic E-state index is 13.4. The summed E-state index contributed by atoms with van der Waals surface area (Å²) in [6.07, 6.45) is 1.44. The van der Waals surface area contributed by atoms with E-state index in [9.17, 15) is 9.18 Å². The molecule has 2 aromatic carbocycles. The average Bonchev–Trinajstić information content (AvgIpc) is 3.24. The lowest BCUT2D eigenvalue weighted by Gasteiger charge is -2.26. The van der Waals surface area contributed by atoms with Gasteiger partial charge in [-0.3, -0.25) is 4.90 Å². The van der Waals surface area contributed by atoms with Crippen LogP contribution in [0.4, 0.5) is 26.4 Å². The molecule has 0 radical (unpaired) electrons. The van der Waals surface area contributed by atoms with E-state index >= 15 is 0 Å². The minimum absolute atomic E-state index is 0.339. The van der Waals surface area contributed by atoms with Gasteiger partial charge < -0.3 is 25.8 Å². The summed E-state index contributed by atoms with van der Waals surface area (Å²) in [7, 11) is 1.52. The molecule has 5 rings (SSSR count). The number of methoxy groups -OCH3 is 1.